The van der Waals surface area contributed by atoms with Gasteiger partial charge in [-0.15, -0.1) is 5.10 Å². The van der Waals surface area contributed by atoms with E-state index in [1.54, 1.807) is 12.1 Å². The Bertz CT molecular complexity index is 727. The molecule has 7 N–H and O–H groups in total. The van der Waals surface area contributed by atoms with Gasteiger partial charge in [0.05, 0.1) is 13.2 Å². The summed E-state index contributed by atoms with van der Waals surface area (Å²) in [4.78, 5) is 25.1. The molecule has 2 aromatic rings. The van der Waals surface area contributed by atoms with Crippen molar-refractivity contribution in [3.05, 3.63) is 35.2 Å². The molecule has 0 aliphatic carbocycles. The Morgan fingerprint density at radius 3 is 2.65 bits per heavy atom. The Morgan fingerprint density at radius 2 is 2.08 bits per heavy atom. The summed E-state index contributed by atoms with van der Waals surface area (Å²) in [5.74, 6) is 0.274. The molecular formula is C16H24N6O4. The summed E-state index contributed by atoms with van der Waals surface area (Å²) in [5.41, 5.74) is 12.3. The van der Waals surface area contributed by atoms with Crippen LogP contribution in [0.2, 0.25) is 0 Å². The summed E-state index contributed by atoms with van der Waals surface area (Å²) >= 11 is 0. The van der Waals surface area contributed by atoms with Crippen LogP contribution in [0.4, 0.5) is 5.95 Å². The molecule has 0 unspecified atom stereocenters. The molecule has 142 valence electrons. The average molecular weight is 364 g/mol. The first kappa shape index (κ1) is 20.9. The van der Waals surface area contributed by atoms with Gasteiger partial charge in [-0.05, 0) is 37.6 Å². The second kappa shape index (κ2) is 10.7. The van der Waals surface area contributed by atoms with Gasteiger partial charge in [-0.1, -0.05) is 6.07 Å². The molecule has 0 saturated heterocycles. The van der Waals surface area contributed by atoms with E-state index in [-0.39, 0.29) is 18.4 Å². The van der Waals surface area contributed by atoms with E-state index < -0.39 is 5.97 Å². The van der Waals surface area contributed by atoms with Crippen molar-refractivity contribution in [1.29, 1.82) is 0 Å². The van der Waals surface area contributed by atoms with E-state index in [1.165, 1.54) is 0 Å². The van der Waals surface area contributed by atoms with Crippen LogP contribution in [0.1, 0.15) is 35.1 Å². The van der Waals surface area contributed by atoms with Crippen LogP contribution in [0, 0.1) is 6.92 Å². The number of aromatic amines is 1. The van der Waals surface area contributed by atoms with Gasteiger partial charge < -0.3 is 26.6 Å². The number of benzene rings is 1. The van der Waals surface area contributed by atoms with Gasteiger partial charge in [-0.2, -0.15) is 4.98 Å². The number of H-pyrrole nitrogens is 1. The molecule has 1 heterocycles. The van der Waals surface area contributed by atoms with Crippen molar-refractivity contribution >= 4 is 17.8 Å². The molecule has 0 aliphatic heterocycles. The molecule has 0 fully saturated rings. The lowest BCUT2D eigenvalue weighted by molar-refractivity contribution is -0.134. The number of carbonyl (C=O) groups is 2. The zero-order valence-corrected chi connectivity index (χ0v) is 14.8. The highest BCUT2D eigenvalue weighted by atomic mass is 16.5. The Balaban J connectivity index is 0.000000765. The average Bonchev–Trinajstić information content (AvgIpc) is 2.99. The fraction of sp³-hybridized carbons (Fsp3) is 0.375. The summed E-state index contributed by atoms with van der Waals surface area (Å²) in [6.45, 7) is 4.33. The zero-order valence-electron chi connectivity index (χ0n) is 14.8. The first-order valence-corrected chi connectivity index (χ1v) is 7.91. The maximum atomic E-state index is 12.1. The third-order valence-electron chi connectivity index (χ3n) is 3.02. The first-order valence-electron chi connectivity index (χ1n) is 7.91. The number of nitrogen functional groups attached to an aromatic ring is 1. The third kappa shape index (κ3) is 7.62. The van der Waals surface area contributed by atoms with E-state index in [4.69, 9.17) is 26.1 Å². The predicted octanol–water partition coefficient (Wildman–Crippen LogP) is 0.444. The molecule has 0 atom stereocenters. The van der Waals surface area contributed by atoms with Gasteiger partial charge in [0, 0.05) is 12.5 Å². The lowest BCUT2D eigenvalue weighted by Crippen LogP contribution is -2.23. The fourth-order valence-electron chi connectivity index (χ4n) is 1.82. The van der Waals surface area contributed by atoms with Crippen molar-refractivity contribution in [1.82, 2.24) is 20.5 Å². The van der Waals surface area contributed by atoms with Gasteiger partial charge in [0.25, 0.3) is 11.9 Å². The van der Waals surface area contributed by atoms with E-state index in [0.717, 1.165) is 18.9 Å². The predicted molar refractivity (Wildman–Crippen MR) is 95.6 cm³/mol. The highest BCUT2D eigenvalue weighted by molar-refractivity contribution is 5.94. The summed E-state index contributed by atoms with van der Waals surface area (Å²) in [6, 6.07) is 5.31. The Morgan fingerprint density at radius 1 is 1.38 bits per heavy atom. The number of nitrogens with zero attached hydrogens (tertiary/aromatic N) is 2. The van der Waals surface area contributed by atoms with Crippen LogP contribution < -0.4 is 21.5 Å². The van der Waals surface area contributed by atoms with E-state index in [1.807, 2.05) is 13.0 Å². The molecule has 1 aromatic heterocycles. The number of carboxylic acid groups (broad SMARTS) is 1. The quantitative estimate of drug-likeness (QED) is 0.441. The molecule has 26 heavy (non-hydrogen) atoms. The van der Waals surface area contributed by atoms with Crippen LogP contribution in [0.3, 0.4) is 0 Å². The molecule has 0 saturated carbocycles. The van der Waals surface area contributed by atoms with E-state index >= 15 is 0 Å². The lowest BCUT2D eigenvalue weighted by atomic mass is 10.1. The first-order chi connectivity index (χ1) is 12.3. The van der Waals surface area contributed by atoms with Crippen molar-refractivity contribution in [2.75, 3.05) is 18.9 Å². The number of anilines is 1. The highest BCUT2D eigenvalue weighted by Gasteiger charge is 2.10. The number of nitrogens with one attached hydrogen (secondary N) is 2. The number of ether oxygens (including phenoxy) is 1. The van der Waals surface area contributed by atoms with Gasteiger partial charge in [0.15, 0.2) is 0 Å². The number of aromatic nitrogens is 3. The lowest BCUT2D eigenvalue weighted by Gasteiger charge is -2.10. The number of nitrogens with two attached hydrogens (primary N) is 2. The van der Waals surface area contributed by atoms with Crippen molar-refractivity contribution in [2.24, 2.45) is 5.73 Å². The summed E-state index contributed by atoms with van der Waals surface area (Å²) in [7, 11) is 0. The molecule has 10 heteroatoms. The Hall–Kier alpha value is -3.14. The Labute approximate surface area is 150 Å². The fourth-order valence-corrected chi connectivity index (χ4v) is 1.82. The van der Waals surface area contributed by atoms with Gasteiger partial charge in [0.2, 0.25) is 5.95 Å². The van der Waals surface area contributed by atoms with Gasteiger partial charge in [-0.3, -0.25) is 14.7 Å². The smallest absolute Gasteiger partial charge is 0.300 e. The van der Waals surface area contributed by atoms with Crippen LogP contribution in [0.5, 0.6) is 5.75 Å². The molecular weight excluding hydrogens is 340 g/mol. The summed E-state index contributed by atoms with van der Waals surface area (Å²) < 4.78 is 5.63. The monoisotopic (exact) mass is 364 g/mol. The van der Waals surface area contributed by atoms with Gasteiger partial charge in [-0.25, -0.2) is 0 Å². The topological polar surface area (TPSA) is 169 Å². The van der Waals surface area contributed by atoms with Crippen molar-refractivity contribution < 1.29 is 19.4 Å². The molecule has 0 radical (unpaired) electrons. The molecule has 0 bridgehead atoms. The minimum Gasteiger partial charge on any atom is -0.493 e. The second-order valence-electron chi connectivity index (χ2n) is 5.31. The molecule has 0 spiro atoms. The highest BCUT2D eigenvalue weighted by Crippen LogP contribution is 2.19. The number of aliphatic carboxylic acids is 1. The van der Waals surface area contributed by atoms with E-state index in [9.17, 15) is 4.79 Å². The number of carbonyl (C=O) groups excluding carboxylic acids is 1. The summed E-state index contributed by atoms with van der Waals surface area (Å²) in [5, 5.41) is 16.5. The van der Waals surface area contributed by atoms with Crippen molar-refractivity contribution in [2.45, 2.75) is 26.8 Å². The zero-order chi connectivity index (χ0) is 19.5. The number of hydrogen-bond acceptors (Lipinski definition) is 7. The van der Waals surface area contributed by atoms with Crippen molar-refractivity contribution in [3.63, 3.8) is 0 Å². The molecule has 1 aromatic carbocycles. The minimum absolute atomic E-state index is 0.148. The van der Waals surface area contributed by atoms with Crippen LogP contribution in [-0.4, -0.2) is 45.3 Å². The number of carboxylic acids is 1. The third-order valence-corrected chi connectivity index (χ3v) is 3.02. The van der Waals surface area contributed by atoms with E-state index in [2.05, 4.69) is 20.5 Å². The largest absolute Gasteiger partial charge is 0.493 e. The SMILES string of the molecule is CC(=O)O.Cc1ccc(C(=O)NCc2nc(N)n[nH]2)cc1OCCCN. The van der Waals surface area contributed by atoms with Crippen LogP contribution in [0.15, 0.2) is 18.2 Å². The van der Waals surface area contributed by atoms with E-state index in [0.29, 0.717) is 30.3 Å². The summed E-state index contributed by atoms with van der Waals surface area (Å²) in [6.07, 6.45) is 0.767. The number of hydrogen-bond donors (Lipinski definition) is 5. The number of amides is 1. The van der Waals surface area contributed by atoms with Crippen molar-refractivity contribution in [3.8, 4) is 5.75 Å². The number of aryl methyl sites for hydroxylation is 1. The van der Waals surface area contributed by atoms with Crippen LogP contribution in [0.25, 0.3) is 0 Å². The van der Waals surface area contributed by atoms with Gasteiger partial charge >= 0.3 is 0 Å². The number of rotatable bonds is 7. The standard InChI is InChI=1S/C14H20N6O2.C2H4O2/c1-9-3-4-10(7-11(9)22-6-2-5-15)13(21)17-8-12-18-14(16)20-19-12;1-2(3)4/h3-4,7H,2,5-6,8,15H2,1H3,(H,17,21)(H3,16,18,19,20);1H3,(H,3,4). The van der Waals surface area contributed by atoms with Gasteiger partial charge in [0.1, 0.15) is 11.6 Å². The normalized spacial score (nSPS) is 9.81. The Kier molecular flexibility index (Phi) is 8.58. The maximum Gasteiger partial charge on any atom is 0.300 e. The maximum absolute atomic E-state index is 12.1. The molecule has 2 rings (SSSR count). The van der Waals surface area contributed by atoms with Crippen LogP contribution >= 0.6 is 0 Å². The second-order valence-corrected chi connectivity index (χ2v) is 5.31. The van der Waals surface area contributed by atoms with Crippen LogP contribution in [-0.2, 0) is 11.3 Å². The minimum atomic E-state index is -0.833. The molecule has 0 aliphatic rings. The molecule has 1 amide bonds. The molecule has 10 nitrogen and oxygen atoms in total.